The van der Waals surface area contributed by atoms with Crippen LogP contribution in [0.5, 0.6) is 0 Å². The Hall–Kier alpha value is -1.39. The molecule has 1 aromatic carbocycles. The Labute approximate surface area is 115 Å². The van der Waals surface area contributed by atoms with Crippen molar-refractivity contribution in [3.8, 4) is 0 Å². The summed E-state index contributed by atoms with van der Waals surface area (Å²) in [6, 6.07) is 6.88. The fraction of sp³-hybridized carbons (Fsp3) is 0.231. The molecule has 0 atom stereocenters. The van der Waals surface area contributed by atoms with E-state index in [9.17, 15) is 4.79 Å². The SMILES string of the molecule is Cc1nc(CNC(=O)c2cccc(Cl)c2)sc1C. The number of nitrogens with zero attached hydrogens (tertiary/aromatic N) is 1. The van der Waals surface area contributed by atoms with Crippen LogP contribution in [0.1, 0.15) is 25.9 Å². The zero-order valence-corrected chi connectivity index (χ0v) is 11.7. The summed E-state index contributed by atoms with van der Waals surface area (Å²) in [5, 5.41) is 4.31. The Kier molecular flexibility index (Phi) is 3.99. The predicted octanol–water partition coefficient (Wildman–Crippen LogP) is 3.34. The lowest BCUT2D eigenvalue weighted by molar-refractivity contribution is 0.0951. The van der Waals surface area contributed by atoms with E-state index in [0.717, 1.165) is 10.7 Å². The smallest absolute Gasteiger partial charge is 0.251 e. The zero-order valence-electron chi connectivity index (χ0n) is 10.2. The molecule has 3 nitrogen and oxygen atoms in total. The lowest BCUT2D eigenvalue weighted by atomic mass is 10.2. The van der Waals surface area contributed by atoms with E-state index in [2.05, 4.69) is 10.3 Å². The van der Waals surface area contributed by atoms with Crippen LogP contribution in [0.2, 0.25) is 5.02 Å². The molecule has 0 unspecified atom stereocenters. The van der Waals surface area contributed by atoms with Gasteiger partial charge in [0.2, 0.25) is 0 Å². The van der Waals surface area contributed by atoms with Crippen LogP contribution in [0.15, 0.2) is 24.3 Å². The molecule has 0 saturated heterocycles. The van der Waals surface area contributed by atoms with Crippen molar-refractivity contribution in [1.82, 2.24) is 10.3 Å². The van der Waals surface area contributed by atoms with Crippen LogP contribution in [0, 0.1) is 13.8 Å². The van der Waals surface area contributed by atoms with Gasteiger partial charge in [-0.1, -0.05) is 17.7 Å². The summed E-state index contributed by atoms with van der Waals surface area (Å²) in [4.78, 5) is 17.4. The topological polar surface area (TPSA) is 42.0 Å². The maximum atomic E-state index is 11.9. The second-order valence-corrected chi connectivity index (χ2v) is 5.67. The van der Waals surface area contributed by atoms with Gasteiger partial charge in [0, 0.05) is 15.5 Å². The third-order valence-corrected chi connectivity index (χ3v) is 3.87. The van der Waals surface area contributed by atoms with Crippen molar-refractivity contribution in [2.75, 3.05) is 0 Å². The molecule has 0 aliphatic carbocycles. The Morgan fingerprint density at radius 1 is 1.44 bits per heavy atom. The first-order valence-electron chi connectivity index (χ1n) is 5.53. The minimum atomic E-state index is -0.136. The van der Waals surface area contributed by atoms with E-state index in [-0.39, 0.29) is 5.91 Å². The minimum absolute atomic E-state index is 0.136. The average molecular weight is 281 g/mol. The molecule has 1 aromatic heterocycles. The molecule has 0 aliphatic rings. The highest BCUT2D eigenvalue weighted by molar-refractivity contribution is 7.11. The summed E-state index contributed by atoms with van der Waals surface area (Å²) in [5.41, 5.74) is 1.58. The van der Waals surface area contributed by atoms with Crippen molar-refractivity contribution in [1.29, 1.82) is 0 Å². The van der Waals surface area contributed by atoms with E-state index in [0.29, 0.717) is 17.1 Å². The summed E-state index contributed by atoms with van der Waals surface area (Å²) >= 11 is 7.44. The van der Waals surface area contributed by atoms with Crippen LogP contribution in [0.3, 0.4) is 0 Å². The first kappa shape index (κ1) is 13.1. The van der Waals surface area contributed by atoms with E-state index >= 15 is 0 Å². The number of nitrogens with one attached hydrogen (secondary N) is 1. The number of hydrogen-bond acceptors (Lipinski definition) is 3. The molecule has 18 heavy (non-hydrogen) atoms. The van der Waals surface area contributed by atoms with Crippen LogP contribution in [0.25, 0.3) is 0 Å². The summed E-state index contributed by atoms with van der Waals surface area (Å²) < 4.78 is 0. The van der Waals surface area contributed by atoms with Gasteiger partial charge < -0.3 is 5.32 Å². The molecule has 1 heterocycles. The number of thiazole rings is 1. The number of hydrogen-bond donors (Lipinski definition) is 1. The molecule has 0 bridgehead atoms. The fourth-order valence-electron chi connectivity index (χ4n) is 1.50. The number of aryl methyl sites for hydroxylation is 2. The van der Waals surface area contributed by atoms with Gasteiger partial charge >= 0.3 is 0 Å². The highest BCUT2D eigenvalue weighted by Gasteiger charge is 2.08. The van der Waals surface area contributed by atoms with Crippen LogP contribution in [-0.2, 0) is 6.54 Å². The molecule has 0 spiro atoms. The summed E-state index contributed by atoms with van der Waals surface area (Å²) in [6.45, 7) is 4.44. The highest BCUT2D eigenvalue weighted by atomic mass is 35.5. The lowest BCUT2D eigenvalue weighted by Gasteiger charge is -2.03. The van der Waals surface area contributed by atoms with Gasteiger partial charge in [-0.2, -0.15) is 0 Å². The van der Waals surface area contributed by atoms with Crippen molar-refractivity contribution >= 4 is 28.8 Å². The molecule has 2 rings (SSSR count). The summed E-state index contributed by atoms with van der Waals surface area (Å²) in [5.74, 6) is -0.136. The Balaban J connectivity index is 2.00. The molecule has 1 N–H and O–H groups in total. The second kappa shape index (κ2) is 5.50. The second-order valence-electron chi connectivity index (χ2n) is 3.94. The molecule has 0 fully saturated rings. The quantitative estimate of drug-likeness (QED) is 0.937. The molecule has 0 radical (unpaired) electrons. The van der Waals surface area contributed by atoms with Crippen molar-refractivity contribution in [2.45, 2.75) is 20.4 Å². The maximum absolute atomic E-state index is 11.9. The van der Waals surface area contributed by atoms with E-state index in [1.54, 1.807) is 35.6 Å². The number of benzene rings is 1. The van der Waals surface area contributed by atoms with Gasteiger partial charge in [-0.3, -0.25) is 4.79 Å². The Bertz CT molecular complexity index is 561. The fourth-order valence-corrected chi connectivity index (χ4v) is 2.57. The molecule has 2 aromatic rings. The van der Waals surface area contributed by atoms with Gasteiger partial charge in [0.15, 0.2) is 0 Å². The number of carbonyl (C=O) groups excluding carboxylic acids is 1. The Morgan fingerprint density at radius 3 is 2.83 bits per heavy atom. The monoisotopic (exact) mass is 280 g/mol. The van der Waals surface area contributed by atoms with Gasteiger partial charge in [0.25, 0.3) is 5.91 Å². The number of rotatable bonds is 3. The third-order valence-electron chi connectivity index (χ3n) is 2.56. The van der Waals surface area contributed by atoms with Gasteiger partial charge in [-0.05, 0) is 32.0 Å². The molecule has 5 heteroatoms. The van der Waals surface area contributed by atoms with Crippen molar-refractivity contribution in [2.24, 2.45) is 0 Å². The minimum Gasteiger partial charge on any atom is -0.346 e. The third kappa shape index (κ3) is 3.09. The van der Waals surface area contributed by atoms with Gasteiger partial charge in [0.05, 0.1) is 12.2 Å². The van der Waals surface area contributed by atoms with Crippen molar-refractivity contribution in [3.05, 3.63) is 50.4 Å². The molecule has 0 saturated carbocycles. The van der Waals surface area contributed by atoms with Gasteiger partial charge in [-0.15, -0.1) is 11.3 Å². The number of aromatic nitrogens is 1. The number of amides is 1. The Morgan fingerprint density at radius 2 is 2.22 bits per heavy atom. The summed E-state index contributed by atoms with van der Waals surface area (Å²) in [7, 11) is 0. The summed E-state index contributed by atoms with van der Waals surface area (Å²) in [6.07, 6.45) is 0. The van der Waals surface area contributed by atoms with Gasteiger partial charge in [0.1, 0.15) is 5.01 Å². The number of carbonyl (C=O) groups is 1. The van der Waals surface area contributed by atoms with Crippen LogP contribution in [0.4, 0.5) is 0 Å². The largest absolute Gasteiger partial charge is 0.346 e. The number of halogens is 1. The molecule has 1 amide bonds. The van der Waals surface area contributed by atoms with E-state index < -0.39 is 0 Å². The molecular weight excluding hydrogens is 268 g/mol. The first-order chi connectivity index (χ1) is 8.56. The van der Waals surface area contributed by atoms with Crippen LogP contribution >= 0.6 is 22.9 Å². The van der Waals surface area contributed by atoms with Crippen molar-refractivity contribution in [3.63, 3.8) is 0 Å². The standard InChI is InChI=1S/C13H13ClN2OS/c1-8-9(2)18-12(16-8)7-15-13(17)10-4-3-5-11(14)6-10/h3-6H,7H2,1-2H3,(H,15,17). The lowest BCUT2D eigenvalue weighted by Crippen LogP contribution is -2.22. The first-order valence-corrected chi connectivity index (χ1v) is 6.72. The van der Waals surface area contributed by atoms with E-state index in [4.69, 9.17) is 11.6 Å². The predicted molar refractivity (Wildman–Crippen MR) is 74.2 cm³/mol. The van der Waals surface area contributed by atoms with E-state index in [1.807, 2.05) is 13.8 Å². The maximum Gasteiger partial charge on any atom is 0.251 e. The van der Waals surface area contributed by atoms with Crippen LogP contribution < -0.4 is 5.32 Å². The van der Waals surface area contributed by atoms with Crippen LogP contribution in [-0.4, -0.2) is 10.9 Å². The molecule has 94 valence electrons. The highest BCUT2D eigenvalue weighted by Crippen LogP contribution is 2.16. The van der Waals surface area contributed by atoms with Gasteiger partial charge in [-0.25, -0.2) is 4.98 Å². The van der Waals surface area contributed by atoms with E-state index in [1.165, 1.54) is 4.88 Å². The van der Waals surface area contributed by atoms with Crippen molar-refractivity contribution < 1.29 is 4.79 Å². The zero-order chi connectivity index (χ0) is 13.1. The molecular formula is C13H13ClN2OS. The normalized spacial score (nSPS) is 10.4. The average Bonchev–Trinajstić information content (AvgIpc) is 2.66. The molecule has 0 aliphatic heterocycles.